The number of nitrogens with zero attached hydrogens (tertiary/aromatic N) is 1. The van der Waals surface area contributed by atoms with Crippen molar-refractivity contribution in [2.45, 2.75) is 38.8 Å². The predicted molar refractivity (Wildman–Crippen MR) is 75.7 cm³/mol. The normalized spacial score (nSPS) is 17.0. The molecule has 0 bridgehead atoms. The summed E-state index contributed by atoms with van der Waals surface area (Å²) in [4.78, 5) is 24.9. The van der Waals surface area contributed by atoms with Crippen molar-refractivity contribution < 1.29 is 14.7 Å². The molecular formula is C15H20N2O3. The minimum atomic E-state index is -0.959. The molecule has 1 fully saturated rings. The van der Waals surface area contributed by atoms with Gasteiger partial charge in [-0.3, -0.25) is 0 Å². The molecule has 1 aromatic rings. The van der Waals surface area contributed by atoms with Crippen LogP contribution in [0.1, 0.15) is 42.6 Å². The van der Waals surface area contributed by atoms with E-state index in [2.05, 4.69) is 19.2 Å². The lowest BCUT2D eigenvalue weighted by Gasteiger charge is -2.31. The van der Waals surface area contributed by atoms with E-state index in [0.717, 1.165) is 24.9 Å². The highest BCUT2D eigenvalue weighted by Crippen LogP contribution is 2.27. The monoisotopic (exact) mass is 276 g/mol. The van der Waals surface area contributed by atoms with Crippen molar-refractivity contribution in [1.29, 1.82) is 0 Å². The summed E-state index contributed by atoms with van der Waals surface area (Å²) in [6.07, 6.45) is 2.03. The number of benzene rings is 1. The van der Waals surface area contributed by atoms with Gasteiger partial charge in [-0.2, -0.15) is 0 Å². The van der Waals surface area contributed by atoms with Gasteiger partial charge >= 0.3 is 12.0 Å². The van der Waals surface area contributed by atoms with Crippen LogP contribution in [0.15, 0.2) is 24.3 Å². The van der Waals surface area contributed by atoms with Gasteiger partial charge in [-0.05, 0) is 44.4 Å². The van der Waals surface area contributed by atoms with Crippen molar-refractivity contribution in [3.63, 3.8) is 0 Å². The summed E-state index contributed by atoms with van der Waals surface area (Å²) in [5.74, 6) is -0.959. The number of aromatic carboxylic acids is 1. The highest BCUT2D eigenvalue weighted by molar-refractivity contribution is 5.87. The first-order chi connectivity index (χ1) is 9.40. The molecule has 0 unspecified atom stereocenters. The Bertz CT molecular complexity index is 526. The molecule has 1 aromatic carbocycles. The molecule has 0 atom stereocenters. The molecule has 20 heavy (non-hydrogen) atoms. The van der Waals surface area contributed by atoms with Crippen molar-refractivity contribution in [2.75, 3.05) is 6.54 Å². The summed E-state index contributed by atoms with van der Waals surface area (Å²) < 4.78 is 0. The number of nitrogens with one attached hydrogen (secondary N) is 1. The second-order valence-electron chi connectivity index (χ2n) is 5.73. The number of carboxylic acid groups (broad SMARTS) is 1. The molecule has 0 aromatic heterocycles. The zero-order valence-corrected chi connectivity index (χ0v) is 11.8. The molecule has 5 heteroatoms. The van der Waals surface area contributed by atoms with Crippen LogP contribution in [0.4, 0.5) is 4.79 Å². The minimum absolute atomic E-state index is 0.0896. The molecule has 1 heterocycles. The lowest BCUT2D eigenvalue weighted by molar-refractivity contribution is 0.0696. The topological polar surface area (TPSA) is 69.6 Å². The van der Waals surface area contributed by atoms with Gasteiger partial charge in [0.2, 0.25) is 0 Å². The van der Waals surface area contributed by atoms with E-state index in [-0.39, 0.29) is 17.1 Å². The maximum absolute atomic E-state index is 12.2. The fraction of sp³-hybridized carbons (Fsp3) is 0.467. The van der Waals surface area contributed by atoms with E-state index in [9.17, 15) is 9.59 Å². The summed E-state index contributed by atoms with van der Waals surface area (Å²) in [6.45, 7) is 5.23. The molecule has 0 saturated carbocycles. The lowest BCUT2D eigenvalue weighted by Crippen LogP contribution is -2.47. The van der Waals surface area contributed by atoms with Crippen molar-refractivity contribution in [3.8, 4) is 0 Å². The fourth-order valence-corrected chi connectivity index (χ4v) is 2.57. The summed E-state index contributed by atoms with van der Waals surface area (Å²) in [5, 5.41) is 11.8. The Morgan fingerprint density at radius 3 is 2.75 bits per heavy atom. The van der Waals surface area contributed by atoms with Crippen molar-refractivity contribution in [1.82, 2.24) is 10.2 Å². The maximum atomic E-state index is 12.2. The molecule has 1 saturated heterocycles. The first-order valence-electron chi connectivity index (χ1n) is 6.78. The first-order valence-corrected chi connectivity index (χ1v) is 6.78. The third-order valence-corrected chi connectivity index (χ3v) is 3.76. The van der Waals surface area contributed by atoms with E-state index in [4.69, 9.17) is 5.11 Å². The Balaban J connectivity index is 1.97. The number of hydrogen-bond acceptors (Lipinski definition) is 2. The van der Waals surface area contributed by atoms with Crippen molar-refractivity contribution in [2.24, 2.45) is 0 Å². The number of carboxylic acids is 1. The highest BCUT2D eigenvalue weighted by atomic mass is 16.4. The van der Waals surface area contributed by atoms with Gasteiger partial charge in [0, 0.05) is 18.6 Å². The van der Waals surface area contributed by atoms with Crippen LogP contribution in [-0.2, 0) is 6.54 Å². The predicted octanol–water partition coefficient (Wildman–Crippen LogP) is 2.47. The fourth-order valence-electron chi connectivity index (χ4n) is 2.57. The average Bonchev–Trinajstić information content (AvgIpc) is 2.76. The largest absolute Gasteiger partial charge is 0.478 e. The van der Waals surface area contributed by atoms with Gasteiger partial charge < -0.3 is 15.3 Å². The van der Waals surface area contributed by atoms with Crippen LogP contribution in [0.5, 0.6) is 0 Å². The third-order valence-electron chi connectivity index (χ3n) is 3.76. The minimum Gasteiger partial charge on any atom is -0.478 e. The van der Waals surface area contributed by atoms with Crippen LogP contribution in [0.2, 0.25) is 0 Å². The second-order valence-corrected chi connectivity index (χ2v) is 5.73. The highest BCUT2D eigenvalue weighted by Gasteiger charge is 2.35. The Morgan fingerprint density at radius 1 is 1.40 bits per heavy atom. The third kappa shape index (κ3) is 3.10. The zero-order valence-electron chi connectivity index (χ0n) is 11.8. The SMILES string of the molecule is CC1(C)CCCN1C(=O)NCc1cccc(C(=O)O)c1. The van der Waals surface area contributed by atoms with Gasteiger partial charge in [-0.1, -0.05) is 12.1 Å². The standard InChI is InChI=1S/C15H20N2O3/c1-15(2)7-4-8-17(15)14(20)16-10-11-5-3-6-12(9-11)13(18)19/h3,5-6,9H,4,7-8,10H2,1-2H3,(H,16,20)(H,18,19). The number of rotatable bonds is 3. The lowest BCUT2D eigenvalue weighted by atomic mass is 10.0. The van der Waals surface area contributed by atoms with E-state index in [0.29, 0.717) is 6.54 Å². The molecule has 1 aliphatic heterocycles. The number of amides is 2. The number of urea groups is 1. The van der Waals surface area contributed by atoms with Crippen molar-refractivity contribution in [3.05, 3.63) is 35.4 Å². The van der Waals surface area contributed by atoms with E-state index >= 15 is 0 Å². The Labute approximate surface area is 118 Å². The number of carbonyl (C=O) groups is 2. The molecule has 2 N–H and O–H groups in total. The summed E-state index contributed by atoms with van der Waals surface area (Å²) in [5.41, 5.74) is 0.918. The zero-order chi connectivity index (χ0) is 14.8. The van der Waals surface area contributed by atoms with Crippen LogP contribution < -0.4 is 5.32 Å². The first kappa shape index (κ1) is 14.4. The van der Waals surface area contributed by atoms with Gasteiger partial charge in [0.05, 0.1) is 5.56 Å². The Hall–Kier alpha value is -2.04. The molecule has 108 valence electrons. The summed E-state index contributed by atoms with van der Waals surface area (Å²) in [6, 6.07) is 6.52. The number of hydrogen-bond donors (Lipinski definition) is 2. The number of likely N-dealkylation sites (tertiary alicyclic amines) is 1. The molecular weight excluding hydrogens is 256 g/mol. The number of carbonyl (C=O) groups excluding carboxylic acids is 1. The van der Waals surface area contributed by atoms with Crippen LogP contribution in [0.25, 0.3) is 0 Å². The molecule has 5 nitrogen and oxygen atoms in total. The summed E-state index contributed by atoms with van der Waals surface area (Å²) in [7, 11) is 0. The molecule has 0 spiro atoms. The Kier molecular flexibility index (Phi) is 3.97. The molecule has 2 amide bonds. The quantitative estimate of drug-likeness (QED) is 0.891. The molecule has 1 aliphatic rings. The van der Waals surface area contributed by atoms with E-state index in [1.165, 1.54) is 6.07 Å². The van der Waals surface area contributed by atoms with Gasteiger partial charge in [-0.15, -0.1) is 0 Å². The molecule has 0 radical (unpaired) electrons. The van der Waals surface area contributed by atoms with Crippen LogP contribution in [0.3, 0.4) is 0 Å². The van der Waals surface area contributed by atoms with Gasteiger partial charge in [0.25, 0.3) is 0 Å². The molecule has 2 rings (SSSR count). The van der Waals surface area contributed by atoms with E-state index in [1.54, 1.807) is 12.1 Å². The van der Waals surface area contributed by atoms with Gasteiger partial charge in [-0.25, -0.2) is 9.59 Å². The van der Waals surface area contributed by atoms with Crippen LogP contribution in [-0.4, -0.2) is 34.1 Å². The smallest absolute Gasteiger partial charge is 0.335 e. The molecule has 0 aliphatic carbocycles. The Morgan fingerprint density at radius 2 is 2.15 bits per heavy atom. The van der Waals surface area contributed by atoms with Gasteiger partial charge in [0.15, 0.2) is 0 Å². The van der Waals surface area contributed by atoms with Gasteiger partial charge in [0.1, 0.15) is 0 Å². The average molecular weight is 276 g/mol. The maximum Gasteiger partial charge on any atom is 0.335 e. The summed E-state index contributed by atoms with van der Waals surface area (Å²) >= 11 is 0. The van der Waals surface area contributed by atoms with Crippen molar-refractivity contribution >= 4 is 12.0 Å². The van der Waals surface area contributed by atoms with E-state index in [1.807, 2.05) is 11.0 Å². The van der Waals surface area contributed by atoms with E-state index < -0.39 is 5.97 Å². The van der Waals surface area contributed by atoms with Crippen LogP contribution in [0, 0.1) is 0 Å². The second kappa shape index (κ2) is 5.53. The van der Waals surface area contributed by atoms with Crippen LogP contribution >= 0.6 is 0 Å².